The number of aromatic carboxylic acids is 1. The number of pyridine rings is 2. The monoisotopic (exact) mass is 385 g/mol. The Kier molecular flexibility index (Phi) is 3.98. The van der Waals surface area contributed by atoms with Gasteiger partial charge in [0.15, 0.2) is 5.82 Å². The predicted octanol–water partition coefficient (Wildman–Crippen LogP) is 2.51. The average Bonchev–Trinajstić information content (AvgIpc) is 3.39. The molecule has 6 nitrogen and oxygen atoms in total. The molecule has 148 valence electrons. The number of fused-ring (bicyclic) bond motifs is 2. The van der Waals surface area contributed by atoms with Crippen LogP contribution < -0.4 is 15.8 Å². The summed E-state index contributed by atoms with van der Waals surface area (Å²) in [6.45, 7) is 4.43. The summed E-state index contributed by atoms with van der Waals surface area (Å²) in [7, 11) is 0. The van der Waals surface area contributed by atoms with Crippen molar-refractivity contribution in [3.05, 3.63) is 45.1 Å². The highest BCUT2D eigenvalue weighted by Gasteiger charge is 2.35. The number of hydrogen-bond donors (Lipinski definition) is 2. The zero-order valence-corrected chi connectivity index (χ0v) is 15.9. The minimum atomic E-state index is -1.27. The highest BCUT2D eigenvalue weighted by molar-refractivity contribution is 5.89. The van der Waals surface area contributed by atoms with Crippen LogP contribution in [0.1, 0.15) is 53.1 Å². The zero-order valence-electron chi connectivity index (χ0n) is 15.9. The summed E-state index contributed by atoms with van der Waals surface area (Å²) >= 11 is 0. The van der Waals surface area contributed by atoms with Gasteiger partial charge < -0.3 is 15.3 Å². The molecule has 0 amide bonds. The van der Waals surface area contributed by atoms with E-state index in [0.29, 0.717) is 23.2 Å². The zero-order chi connectivity index (χ0) is 19.6. The van der Waals surface area contributed by atoms with Crippen LogP contribution in [0.15, 0.2) is 17.1 Å². The Hall–Kier alpha value is -2.41. The van der Waals surface area contributed by atoms with E-state index in [9.17, 15) is 14.7 Å². The minimum absolute atomic E-state index is 0.243. The first-order valence-corrected chi connectivity index (χ1v) is 10.1. The normalized spacial score (nSPS) is 24.6. The van der Waals surface area contributed by atoms with Crippen LogP contribution in [-0.4, -0.2) is 41.2 Å². The van der Waals surface area contributed by atoms with Crippen LogP contribution in [0.25, 0.3) is 5.52 Å². The highest BCUT2D eigenvalue weighted by Crippen LogP contribution is 2.44. The van der Waals surface area contributed by atoms with Crippen molar-refractivity contribution in [2.75, 3.05) is 24.5 Å². The van der Waals surface area contributed by atoms with Gasteiger partial charge in [0.05, 0.1) is 17.4 Å². The lowest BCUT2D eigenvalue weighted by molar-refractivity contribution is 0.0694. The second kappa shape index (κ2) is 6.30. The van der Waals surface area contributed by atoms with E-state index in [2.05, 4.69) is 10.2 Å². The standard InChI is InChI=1S/C21H24FN3O3/c1-11-18-14(12-2-3-12)8-15(21(27)28)20(26)25(18)9-16(22)19(11)24-7-5-13-4-6-23-17(13)10-24/h8-9,12-13,17,23H,2-7,10H2,1H3,(H,27,28)/t13-,17+/m0/s1. The van der Waals surface area contributed by atoms with E-state index < -0.39 is 17.3 Å². The van der Waals surface area contributed by atoms with Crippen LogP contribution in [0.5, 0.6) is 0 Å². The first-order chi connectivity index (χ1) is 13.5. The van der Waals surface area contributed by atoms with Crippen molar-refractivity contribution in [3.8, 4) is 0 Å². The Balaban J connectivity index is 1.69. The molecule has 1 aliphatic carbocycles. The number of nitrogens with one attached hydrogen (secondary N) is 1. The number of nitrogens with zero attached hydrogens (tertiary/aromatic N) is 2. The van der Waals surface area contributed by atoms with Crippen LogP contribution in [-0.2, 0) is 0 Å². The third kappa shape index (κ3) is 2.64. The number of carboxylic acid groups (broad SMARTS) is 1. The van der Waals surface area contributed by atoms with Crippen LogP contribution in [0.2, 0.25) is 0 Å². The van der Waals surface area contributed by atoms with Gasteiger partial charge in [-0.2, -0.15) is 0 Å². The molecule has 1 saturated carbocycles. The topological polar surface area (TPSA) is 74.0 Å². The Morgan fingerprint density at radius 3 is 2.79 bits per heavy atom. The van der Waals surface area contributed by atoms with Crippen molar-refractivity contribution in [1.82, 2.24) is 9.72 Å². The molecule has 7 heteroatoms. The molecular weight excluding hydrogens is 361 g/mol. The fraction of sp³-hybridized carbons (Fsp3) is 0.524. The van der Waals surface area contributed by atoms with Crippen molar-refractivity contribution < 1.29 is 14.3 Å². The lowest BCUT2D eigenvalue weighted by Crippen LogP contribution is -2.47. The van der Waals surface area contributed by atoms with E-state index in [4.69, 9.17) is 0 Å². The molecule has 0 unspecified atom stereocenters. The van der Waals surface area contributed by atoms with E-state index in [1.807, 2.05) is 6.92 Å². The van der Waals surface area contributed by atoms with Crippen molar-refractivity contribution in [1.29, 1.82) is 0 Å². The van der Waals surface area contributed by atoms with E-state index >= 15 is 4.39 Å². The molecule has 0 bridgehead atoms. The Labute approximate surface area is 162 Å². The van der Waals surface area contributed by atoms with Gasteiger partial charge in [0.1, 0.15) is 5.56 Å². The van der Waals surface area contributed by atoms with Gasteiger partial charge >= 0.3 is 5.97 Å². The second-order valence-corrected chi connectivity index (χ2v) is 8.41. The number of anilines is 1. The van der Waals surface area contributed by atoms with Crippen LogP contribution >= 0.6 is 0 Å². The Morgan fingerprint density at radius 1 is 1.29 bits per heavy atom. The van der Waals surface area contributed by atoms with E-state index in [0.717, 1.165) is 50.0 Å². The number of aryl methyl sites for hydroxylation is 1. The maximum absolute atomic E-state index is 15.2. The average molecular weight is 385 g/mol. The van der Waals surface area contributed by atoms with Gasteiger partial charge in [0.2, 0.25) is 0 Å². The minimum Gasteiger partial charge on any atom is -0.477 e. The Bertz CT molecular complexity index is 1040. The molecule has 2 aromatic rings. The number of carbonyl (C=O) groups is 1. The van der Waals surface area contributed by atoms with Crippen molar-refractivity contribution >= 4 is 17.2 Å². The number of hydrogen-bond acceptors (Lipinski definition) is 4. The van der Waals surface area contributed by atoms with Crippen molar-refractivity contribution in [3.63, 3.8) is 0 Å². The van der Waals surface area contributed by atoms with E-state index in [1.165, 1.54) is 23.1 Å². The largest absolute Gasteiger partial charge is 0.477 e. The van der Waals surface area contributed by atoms with Crippen molar-refractivity contribution in [2.45, 2.75) is 44.6 Å². The van der Waals surface area contributed by atoms with Crippen molar-refractivity contribution in [2.24, 2.45) is 5.92 Å². The first kappa shape index (κ1) is 17.7. The summed E-state index contributed by atoms with van der Waals surface area (Å²) in [6, 6.07) is 1.89. The fourth-order valence-corrected chi connectivity index (χ4v) is 5.12. The van der Waals surface area contributed by atoms with Crippen LogP contribution in [0.4, 0.5) is 10.1 Å². The molecular formula is C21H24FN3O3. The number of piperidine rings is 1. The number of aromatic nitrogens is 1. The lowest BCUT2D eigenvalue weighted by atomic mass is 9.91. The summed E-state index contributed by atoms with van der Waals surface area (Å²) in [5.74, 6) is -0.832. The third-order valence-corrected chi connectivity index (χ3v) is 6.68. The van der Waals surface area contributed by atoms with Gasteiger partial charge in [-0.05, 0) is 68.2 Å². The maximum Gasteiger partial charge on any atom is 0.341 e. The molecule has 0 radical (unpaired) electrons. The van der Waals surface area contributed by atoms with Gasteiger partial charge in [0, 0.05) is 19.1 Å². The Morgan fingerprint density at radius 2 is 2.07 bits per heavy atom. The fourth-order valence-electron chi connectivity index (χ4n) is 5.12. The molecule has 3 fully saturated rings. The maximum atomic E-state index is 15.2. The van der Waals surface area contributed by atoms with Crippen LogP contribution in [0, 0.1) is 18.7 Å². The molecule has 3 aliphatic rings. The van der Waals surface area contributed by atoms with Gasteiger partial charge in [0.25, 0.3) is 5.56 Å². The quantitative estimate of drug-likeness (QED) is 0.849. The lowest BCUT2D eigenvalue weighted by Gasteiger charge is -2.37. The predicted molar refractivity (Wildman–Crippen MR) is 104 cm³/mol. The molecule has 28 heavy (non-hydrogen) atoms. The SMILES string of the molecule is Cc1c(N2CC[C@@H]3CCN[C@@H]3C2)c(F)cn2c(=O)c(C(=O)O)cc(C3CC3)c12. The molecule has 2 atom stereocenters. The molecule has 5 rings (SSSR count). The van der Waals surface area contributed by atoms with Gasteiger partial charge in [-0.15, -0.1) is 0 Å². The number of carboxylic acids is 1. The van der Waals surface area contributed by atoms with E-state index in [-0.39, 0.29) is 11.5 Å². The highest BCUT2D eigenvalue weighted by atomic mass is 19.1. The molecule has 2 aliphatic heterocycles. The third-order valence-electron chi connectivity index (χ3n) is 6.68. The summed E-state index contributed by atoms with van der Waals surface area (Å²) in [5, 5.41) is 12.9. The molecule has 0 aromatic carbocycles. The van der Waals surface area contributed by atoms with Gasteiger partial charge in [-0.1, -0.05) is 0 Å². The molecule has 2 N–H and O–H groups in total. The van der Waals surface area contributed by atoms with Gasteiger partial charge in [-0.3, -0.25) is 9.20 Å². The summed E-state index contributed by atoms with van der Waals surface area (Å²) in [5.41, 5.74) is 1.85. The van der Waals surface area contributed by atoms with Crippen LogP contribution in [0.3, 0.4) is 0 Å². The summed E-state index contributed by atoms with van der Waals surface area (Å²) in [4.78, 5) is 26.3. The molecule has 4 heterocycles. The summed E-state index contributed by atoms with van der Waals surface area (Å²) in [6.07, 6.45) is 5.33. The second-order valence-electron chi connectivity index (χ2n) is 8.41. The first-order valence-electron chi connectivity index (χ1n) is 10.1. The molecule has 2 aromatic heterocycles. The van der Waals surface area contributed by atoms with Gasteiger partial charge in [-0.25, -0.2) is 9.18 Å². The summed E-state index contributed by atoms with van der Waals surface area (Å²) < 4.78 is 16.4. The smallest absolute Gasteiger partial charge is 0.341 e. The number of rotatable bonds is 3. The molecule has 0 spiro atoms. The molecule has 2 saturated heterocycles. The van der Waals surface area contributed by atoms with E-state index in [1.54, 1.807) is 0 Å². The number of halogens is 1.